The van der Waals surface area contributed by atoms with Crippen LogP contribution in [0.15, 0.2) is 84.0 Å². The zero-order valence-corrected chi connectivity index (χ0v) is 19.7. The fraction of sp³-hybridized carbons (Fsp3) is 0.321. The third kappa shape index (κ3) is 4.59. The van der Waals surface area contributed by atoms with Crippen LogP contribution in [0.25, 0.3) is 10.9 Å². The van der Waals surface area contributed by atoms with E-state index in [1.807, 2.05) is 47.2 Å². The zero-order chi connectivity index (χ0) is 23.3. The molecular weight excluding hydrogens is 422 g/mol. The van der Waals surface area contributed by atoms with Gasteiger partial charge in [0.1, 0.15) is 5.82 Å². The lowest BCUT2D eigenvalue weighted by atomic mass is 10.0. The van der Waals surface area contributed by atoms with E-state index in [0.29, 0.717) is 5.39 Å². The Morgan fingerprint density at radius 3 is 2.50 bits per heavy atom. The SMILES string of the molecule is CCc1ccccc1N(CCN1CCC(n2cnc3ccccc3c2=O)CC1)c1ccccn1. The maximum atomic E-state index is 13.0. The summed E-state index contributed by atoms with van der Waals surface area (Å²) < 4.78 is 1.84. The Bertz CT molecular complexity index is 1290. The summed E-state index contributed by atoms with van der Waals surface area (Å²) in [4.78, 5) is 27.0. The van der Waals surface area contributed by atoms with E-state index < -0.39 is 0 Å². The number of benzene rings is 2. The van der Waals surface area contributed by atoms with E-state index in [0.717, 1.165) is 56.8 Å². The molecule has 1 aliphatic rings. The van der Waals surface area contributed by atoms with Crippen molar-refractivity contribution in [2.24, 2.45) is 0 Å². The van der Waals surface area contributed by atoms with Gasteiger partial charge < -0.3 is 9.80 Å². The van der Waals surface area contributed by atoms with E-state index in [-0.39, 0.29) is 11.6 Å². The van der Waals surface area contributed by atoms with Gasteiger partial charge in [0.2, 0.25) is 0 Å². The maximum absolute atomic E-state index is 13.0. The van der Waals surface area contributed by atoms with Crippen molar-refractivity contribution in [2.75, 3.05) is 31.1 Å². The van der Waals surface area contributed by atoms with Crippen LogP contribution >= 0.6 is 0 Å². The zero-order valence-electron chi connectivity index (χ0n) is 19.7. The normalized spacial score (nSPS) is 15.0. The Morgan fingerprint density at radius 1 is 0.941 bits per heavy atom. The molecule has 4 aromatic rings. The molecule has 34 heavy (non-hydrogen) atoms. The van der Waals surface area contributed by atoms with Gasteiger partial charge in [0.15, 0.2) is 0 Å². The molecule has 1 saturated heterocycles. The number of aryl methyl sites for hydroxylation is 1. The van der Waals surface area contributed by atoms with Crippen molar-refractivity contribution in [2.45, 2.75) is 32.2 Å². The first-order valence-electron chi connectivity index (χ1n) is 12.2. The second-order valence-electron chi connectivity index (χ2n) is 8.87. The fourth-order valence-corrected chi connectivity index (χ4v) is 4.95. The number of pyridine rings is 1. The van der Waals surface area contributed by atoms with Gasteiger partial charge in [0, 0.05) is 44.1 Å². The average Bonchev–Trinajstić information content (AvgIpc) is 2.90. The van der Waals surface area contributed by atoms with Crippen LogP contribution < -0.4 is 10.5 Å². The lowest BCUT2D eigenvalue weighted by Gasteiger charge is -2.35. The highest BCUT2D eigenvalue weighted by atomic mass is 16.1. The van der Waals surface area contributed by atoms with Crippen LogP contribution in [0.3, 0.4) is 0 Å². The monoisotopic (exact) mass is 453 g/mol. The van der Waals surface area contributed by atoms with E-state index in [1.165, 1.54) is 11.3 Å². The third-order valence-electron chi connectivity index (χ3n) is 6.87. The van der Waals surface area contributed by atoms with Gasteiger partial charge in [-0.1, -0.05) is 43.3 Å². The van der Waals surface area contributed by atoms with Crippen molar-refractivity contribution in [3.8, 4) is 0 Å². The van der Waals surface area contributed by atoms with Crippen LogP contribution in [-0.4, -0.2) is 45.6 Å². The minimum absolute atomic E-state index is 0.0709. The molecule has 5 rings (SSSR count). The number of piperidine rings is 1. The molecule has 0 saturated carbocycles. The predicted molar refractivity (Wildman–Crippen MR) is 138 cm³/mol. The van der Waals surface area contributed by atoms with Crippen LogP contribution in [0.1, 0.15) is 31.4 Å². The quantitative estimate of drug-likeness (QED) is 0.401. The lowest BCUT2D eigenvalue weighted by Crippen LogP contribution is -2.41. The summed E-state index contributed by atoms with van der Waals surface area (Å²) in [6, 6.07) is 22.5. The number of fused-ring (bicyclic) bond motifs is 1. The molecule has 3 heterocycles. The molecule has 0 radical (unpaired) electrons. The van der Waals surface area contributed by atoms with Gasteiger partial charge in [-0.3, -0.25) is 9.36 Å². The fourth-order valence-electron chi connectivity index (χ4n) is 4.95. The van der Waals surface area contributed by atoms with Gasteiger partial charge in [-0.15, -0.1) is 0 Å². The molecule has 0 bridgehead atoms. The van der Waals surface area contributed by atoms with Crippen molar-refractivity contribution in [1.29, 1.82) is 0 Å². The van der Waals surface area contributed by atoms with Crippen molar-refractivity contribution >= 4 is 22.4 Å². The maximum Gasteiger partial charge on any atom is 0.261 e. The number of hydrogen-bond donors (Lipinski definition) is 0. The van der Waals surface area contributed by atoms with Gasteiger partial charge in [-0.05, 0) is 55.2 Å². The van der Waals surface area contributed by atoms with Crippen molar-refractivity contribution < 1.29 is 0 Å². The number of anilines is 2. The van der Waals surface area contributed by atoms with Crippen molar-refractivity contribution in [3.63, 3.8) is 0 Å². The molecule has 0 spiro atoms. The van der Waals surface area contributed by atoms with Crippen LogP contribution in [0.4, 0.5) is 11.5 Å². The Morgan fingerprint density at radius 2 is 1.71 bits per heavy atom. The second kappa shape index (κ2) is 10.2. The van der Waals surface area contributed by atoms with Gasteiger partial charge >= 0.3 is 0 Å². The number of hydrogen-bond acceptors (Lipinski definition) is 5. The van der Waals surface area contributed by atoms with E-state index in [4.69, 9.17) is 0 Å². The summed E-state index contributed by atoms with van der Waals surface area (Å²) >= 11 is 0. The van der Waals surface area contributed by atoms with E-state index >= 15 is 0 Å². The molecule has 1 aliphatic heterocycles. The molecule has 0 aliphatic carbocycles. The van der Waals surface area contributed by atoms with Crippen LogP contribution in [0, 0.1) is 0 Å². The number of nitrogens with zero attached hydrogens (tertiary/aromatic N) is 5. The molecule has 174 valence electrons. The number of aromatic nitrogens is 3. The molecular formula is C28H31N5O. The molecule has 6 nitrogen and oxygen atoms in total. The molecule has 1 fully saturated rings. The van der Waals surface area contributed by atoms with Gasteiger partial charge in [-0.2, -0.15) is 0 Å². The molecule has 2 aromatic heterocycles. The van der Waals surface area contributed by atoms with Gasteiger partial charge in [-0.25, -0.2) is 9.97 Å². The molecule has 2 aromatic carbocycles. The van der Waals surface area contributed by atoms with Crippen LogP contribution in [0.5, 0.6) is 0 Å². The van der Waals surface area contributed by atoms with Gasteiger partial charge in [0.25, 0.3) is 5.56 Å². The molecule has 0 unspecified atom stereocenters. The minimum atomic E-state index is 0.0709. The number of likely N-dealkylation sites (tertiary alicyclic amines) is 1. The largest absolute Gasteiger partial charge is 0.325 e. The minimum Gasteiger partial charge on any atom is -0.325 e. The van der Waals surface area contributed by atoms with E-state index in [1.54, 1.807) is 6.33 Å². The first kappa shape index (κ1) is 22.3. The van der Waals surface area contributed by atoms with Crippen LogP contribution in [-0.2, 0) is 6.42 Å². The van der Waals surface area contributed by atoms with Gasteiger partial charge in [0.05, 0.1) is 17.2 Å². The average molecular weight is 454 g/mol. The number of para-hydroxylation sites is 2. The summed E-state index contributed by atoms with van der Waals surface area (Å²) in [5, 5.41) is 0.702. The highest BCUT2D eigenvalue weighted by molar-refractivity contribution is 5.76. The first-order chi connectivity index (χ1) is 16.7. The molecule has 0 atom stereocenters. The Kier molecular flexibility index (Phi) is 6.67. The third-order valence-corrected chi connectivity index (χ3v) is 6.87. The van der Waals surface area contributed by atoms with E-state index in [2.05, 4.69) is 57.0 Å². The topological polar surface area (TPSA) is 54.3 Å². The standard InChI is InChI=1S/C28H31N5O/c1-2-22-9-3-6-12-26(22)32(27-13-7-8-16-29-27)20-19-31-17-14-23(15-18-31)33-21-30-25-11-5-4-10-24(25)28(33)34/h3-13,16,21,23H,2,14-15,17-20H2,1H3. The van der Waals surface area contributed by atoms with Crippen molar-refractivity contribution in [3.05, 3.63) is 95.2 Å². The summed E-state index contributed by atoms with van der Waals surface area (Å²) in [6.45, 7) is 5.96. The van der Waals surface area contributed by atoms with E-state index in [9.17, 15) is 4.79 Å². The Labute approximate surface area is 200 Å². The first-order valence-corrected chi connectivity index (χ1v) is 12.2. The smallest absolute Gasteiger partial charge is 0.261 e. The summed E-state index contributed by atoms with van der Waals surface area (Å²) in [5.74, 6) is 0.979. The Balaban J connectivity index is 1.27. The summed E-state index contributed by atoms with van der Waals surface area (Å²) in [7, 11) is 0. The summed E-state index contributed by atoms with van der Waals surface area (Å²) in [6.07, 6.45) is 6.48. The lowest BCUT2D eigenvalue weighted by molar-refractivity contribution is 0.188. The second-order valence-corrected chi connectivity index (χ2v) is 8.87. The molecule has 0 amide bonds. The number of rotatable bonds is 7. The highest BCUT2D eigenvalue weighted by Gasteiger charge is 2.23. The highest BCUT2D eigenvalue weighted by Crippen LogP contribution is 2.28. The Hall–Kier alpha value is -3.51. The summed E-state index contributed by atoms with van der Waals surface area (Å²) in [5.41, 5.74) is 3.40. The van der Waals surface area contributed by atoms with Crippen molar-refractivity contribution in [1.82, 2.24) is 19.4 Å². The molecule has 0 N–H and O–H groups in total. The van der Waals surface area contributed by atoms with Crippen LogP contribution in [0.2, 0.25) is 0 Å². The molecule has 6 heteroatoms. The predicted octanol–water partition coefficient (Wildman–Crippen LogP) is 4.83.